The van der Waals surface area contributed by atoms with E-state index < -0.39 is 25.2 Å². The molecule has 30 heavy (non-hydrogen) atoms. The predicted octanol–water partition coefficient (Wildman–Crippen LogP) is 7.19. The van der Waals surface area contributed by atoms with Crippen LogP contribution in [0.5, 0.6) is 0 Å². The third-order valence-corrected chi connectivity index (χ3v) is 14.2. The molecule has 1 aromatic carbocycles. The quantitative estimate of drug-likeness (QED) is 0.260. The van der Waals surface area contributed by atoms with Crippen LogP contribution in [-0.2, 0) is 13.0 Å². The molecule has 0 bridgehead atoms. The van der Waals surface area contributed by atoms with Gasteiger partial charge in [-0.1, -0.05) is 25.3 Å². The summed E-state index contributed by atoms with van der Waals surface area (Å²) in [6.07, 6.45) is 3.75. The van der Waals surface area contributed by atoms with Crippen LogP contribution in [0.15, 0.2) is 18.2 Å². The number of benzene rings is 1. The first-order valence-corrected chi connectivity index (χ1v) is 20.4. The van der Waals surface area contributed by atoms with Crippen LogP contribution in [0.25, 0.3) is 0 Å². The summed E-state index contributed by atoms with van der Waals surface area (Å²) in [4.78, 5) is 11.9. The van der Waals surface area contributed by atoms with Crippen LogP contribution in [0.4, 0.5) is 10.5 Å². The molecule has 0 aliphatic heterocycles. The highest BCUT2D eigenvalue weighted by Crippen LogP contribution is 2.26. The first-order valence-electron chi connectivity index (χ1n) is 11.1. The lowest BCUT2D eigenvalue weighted by Crippen LogP contribution is -2.52. The maximum atomic E-state index is 11.9. The molecule has 0 aliphatic rings. The third-order valence-electron chi connectivity index (χ3n) is 4.56. The van der Waals surface area contributed by atoms with Crippen molar-refractivity contribution >= 4 is 37.0 Å². The van der Waals surface area contributed by atoms with Gasteiger partial charge in [-0.3, -0.25) is 5.32 Å². The summed E-state index contributed by atoms with van der Waals surface area (Å²) in [7, 11) is -5.39. The lowest BCUT2D eigenvalue weighted by molar-refractivity contribution is 0.159. The average Bonchev–Trinajstić information content (AvgIpc) is 2.53. The number of carbonyl (C=O) groups is 1. The summed E-state index contributed by atoms with van der Waals surface area (Å²) >= 11 is 0. The number of rotatable bonds is 12. The number of amides is 1. The summed E-state index contributed by atoms with van der Waals surface area (Å²) in [6.45, 7) is 20.2. The molecule has 0 fully saturated rings. The minimum Gasteiger partial charge on any atom is -0.449 e. The summed E-state index contributed by atoms with van der Waals surface area (Å²) in [5.74, 6) is 0. The Labute approximate surface area is 187 Å². The number of hydrogen-bond acceptors (Lipinski definition) is 4. The van der Waals surface area contributed by atoms with E-state index in [-0.39, 0.29) is 6.09 Å². The number of aryl methyl sites for hydroxylation is 2. The molecular formula is C22H43NO4Si3. The van der Waals surface area contributed by atoms with Crippen molar-refractivity contribution in [3.63, 3.8) is 0 Å². The number of hydrogen-bond donors (Lipinski definition) is 1. The standard InChI is InChI=1S/C22H43NO4Si3/c1-19-14-15-21(18-20(19)2)23-22(24)25-16-12-10-11-13-17-30(9,26-28(3,4)5)27-29(6,7)8/h14-15,18H,10-13,16-17H2,1-9H3,(H,23,24). The van der Waals surface area contributed by atoms with Crippen LogP contribution < -0.4 is 5.32 Å². The molecule has 0 aromatic heterocycles. The fourth-order valence-electron chi connectivity index (χ4n) is 3.46. The molecule has 0 radical (unpaired) electrons. The zero-order valence-electron chi connectivity index (χ0n) is 20.6. The van der Waals surface area contributed by atoms with E-state index in [0.717, 1.165) is 43.0 Å². The number of nitrogens with one attached hydrogen (secondary N) is 1. The van der Waals surface area contributed by atoms with Gasteiger partial charge in [-0.25, -0.2) is 4.79 Å². The highest BCUT2D eigenvalue weighted by atomic mass is 28.5. The molecule has 0 atom stereocenters. The molecule has 1 amide bonds. The Hall–Kier alpha value is -0.939. The Kier molecular flexibility index (Phi) is 10.5. The molecule has 0 spiro atoms. The van der Waals surface area contributed by atoms with Gasteiger partial charge in [0.05, 0.1) is 6.61 Å². The van der Waals surface area contributed by atoms with Crippen LogP contribution in [0.3, 0.4) is 0 Å². The summed E-state index contributed by atoms with van der Waals surface area (Å²) in [6, 6.07) is 6.90. The van der Waals surface area contributed by atoms with E-state index in [9.17, 15) is 4.79 Å². The predicted molar refractivity (Wildman–Crippen MR) is 135 cm³/mol. The summed E-state index contributed by atoms with van der Waals surface area (Å²) in [5.41, 5.74) is 3.13. The van der Waals surface area contributed by atoms with Gasteiger partial charge in [0.15, 0.2) is 16.6 Å². The Morgan fingerprint density at radius 1 is 0.833 bits per heavy atom. The molecule has 0 saturated carbocycles. The smallest absolute Gasteiger partial charge is 0.411 e. The number of unbranched alkanes of at least 4 members (excludes halogenated alkanes) is 3. The van der Waals surface area contributed by atoms with Crippen molar-refractivity contribution < 1.29 is 17.8 Å². The number of ether oxygens (including phenoxy) is 1. The van der Waals surface area contributed by atoms with E-state index in [1.807, 2.05) is 25.1 Å². The molecule has 1 aromatic rings. The normalized spacial score (nSPS) is 12.7. The van der Waals surface area contributed by atoms with Crippen molar-refractivity contribution in [2.75, 3.05) is 11.9 Å². The van der Waals surface area contributed by atoms with Crippen molar-refractivity contribution in [1.82, 2.24) is 0 Å². The summed E-state index contributed by atoms with van der Waals surface area (Å²) in [5, 5.41) is 2.79. The van der Waals surface area contributed by atoms with Crippen molar-refractivity contribution in [1.29, 1.82) is 0 Å². The van der Waals surface area contributed by atoms with E-state index in [0.29, 0.717) is 6.61 Å². The van der Waals surface area contributed by atoms with Gasteiger partial charge in [0, 0.05) is 5.69 Å². The van der Waals surface area contributed by atoms with Gasteiger partial charge < -0.3 is 13.0 Å². The van der Waals surface area contributed by atoms with Gasteiger partial charge in [-0.15, -0.1) is 0 Å². The van der Waals surface area contributed by atoms with Crippen LogP contribution in [-0.4, -0.2) is 37.9 Å². The van der Waals surface area contributed by atoms with E-state index in [1.54, 1.807) is 0 Å². The Morgan fingerprint density at radius 2 is 1.40 bits per heavy atom. The van der Waals surface area contributed by atoms with Gasteiger partial charge >= 0.3 is 14.7 Å². The molecule has 5 nitrogen and oxygen atoms in total. The molecular weight excluding hydrogens is 427 g/mol. The Balaban J connectivity index is 2.29. The van der Waals surface area contributed by atoms with Gasteiger partial charge in [0.25, 0.3) is 0 Å². The molecule has 1 rings (SSSR count). The van der Waals surface area contributed by atoms with Gasteiger partial charge in [-0.2, -0.15) is 0 Å². The fourth-order valence-corrected chi connectivity index (χ4v) is 16.1. The average molecular weight is 470 g/mol. The monoisotopic (exact) mass is 469 g/mol. The topological polar surface area (TPSA) is 56.8 Å². The van der Waals surface area contributed by atoms with Gasteiger partial charge in [-0.05, 0) is 95.4 Å². The maximum Gasteiger partial charge on any atom is 0.411 e. The lowest BCUT2D eigenvalue weighted by Gasteiger charge is -2.38. The van der Waals surface area contributed by atoms with Crippen molar-refractivity contribution in [2.45, 2.75) is 91.4 Å². The highest BCUT2D eigenvalue weighted by Gasteiger charge is 2.39. The second-order valence-corrected chi connectivity index (χ2v) is 23.1. The number of anilines is 1. The summed E-state index contributed by atoms with van der Waals surface area (Å²) < 4.78 is 18.4. The van der Waals surface area contributed by atoms with Crippen molar-refractivity contribution in [2.24, 2.45) is 0 Å². The van der Waals surface area contributed by atoms with Crippen LogP contribution in [0.1, 0.15) is 36.8 Å². The minimum atomic E-state index is -2.13. The molecule has 0 unspecified atom stereocenters. The van der Waals surface area contributed by atoms with Crippen LogP contribution in [0.2, 0.25) is 51.9 Å². The first-order chi connectivity index (χ1) is 13.7. The molecule has 0 heterocycles. The van der Waals surface area contributed by atoms with E-state index in [2.05, 4.69) is 58.1 Å². The zero-order chi connectivity index (χ0) is 23.0. The van der Waals surface area contributed by atoms with E-state index >= 15 is 0 Å². The third kappa shape index (κ3) is 12.0. The van der Waals surface area contributed by atoms with Crippen molar-refractivity contribution in [3.05, 3.63) is 29.3 Å². The maximum absolute atomic E-state index is 11.9. The minimum absolute atomic E-state index is 0.384. The Bertz CT molecular complexity index is 668. The second-order valence-electron chi connectivity index (χ2n) is 10.3. The second kappa shape index (κ2) is 11.6. The molecule has 172 valence electrons. The van der Waals surface area contributed by atoms with Crippen molar-refractivity contribution in [3.8, 4) is 0 Å². The van der Waals surface area contributed by atoms with Gasteiger partial charge in [0.2, 0.25) is 0 Å². The van der Waals surface area contributed by atoms with Crippen LogP contribution in [0, 0.1) is 13.8 Å². The van der Waals surface area contributed by atoms with Gasteiger partial charge in [0.1, 0.15) is 0 Å². The highest BCUT2D eigenvalue weighted by molar-refractivity contribution is 6.87. The SMILES string of the molecule is Cc1ccc(NC(=O)OCCCCCC[Si](C)(O[Si](C)(C)C)O[Si](C)(C)C)cc1C. The van der Waals surface area contributed by atoms with Crippen LogP contribution >= 0.6 is 0 Å². The first kappa shape index (κ1) is 27.1. The van der Waals surface area contributed by atoms with E-state index in [4.69, 9.17) is 13.0 Å². The van der Waals surface area contributed by atoms with E-state index in [1.165, 1.54) is 5.56 Å². The molecule has 8 heteroatoms. The fraction of sp³-hybridized carbons (Fsp3) is 0.682. The molecule has 0 saturated heterocycles. The molecule has 1 N–H and O–H groups in total. The zero-order valence-corrected chi connectivity index (χ0v) is 23.6. The number of carbonyl (C=O) groups excluding carboxylic acids is 1. The largest absolute Gasteiger partial charge is 0.449 e. The Morgan fingerprint density at radius 3 is 1.93 bits per heavy atom. The lowest BCUT2D eigenvalue weighted by atomic mass is 10.1. The molecule has 0 aliphatic carbocycles.